The molecule has 0 bridgehead atoms. The van der Waals surface area contributed by atoms with Gasteiger partial charge in [0, 0.05) is 44.7 Å². The van der Waals surface area contributed by atoms with Gasteiger partial charge in [-0.25, -0.2) is 13.1 Å². The van der Waals surface area contributed by atoms with Crippen LogP contribution in [0.25, 0.3) is 0 Å². The molecule has 9 nitrogen and oxygen atoms in total. The van der Waals surface area contributed by atoms with Crippen molar-refractivity contribution in [3.05, 3.63) is 42.5 Å². The predicted molar refractivity (Wildman–Crippen MR) is 140 cm³/mol. The van der Waals surface area contributed by atoms with Gasteiger partial charge in [-0.3, -0.25) is 9.59 Å². The number of rotatable bonds is 8. The molecule has 2 saturated heterocycles. The summed E-state index contributed by atoms with van der Waals surface area (Å²) in [6.07, 6.45) is 6.69. The molecule has 0 radical (unpaired) electrons. The lowest BCUT2D eigenvalue weighted by atomic mass is 10.1. The van der Waals surface area contributed by atoms with E-state index in [4.69, 9.17) is 0 Å². The minimum atomic E-state index is -3.48. The monoisotopic (exact) mass is 522 g/mol. The van der Waals surface area contributed by atoms with E-state index in [1.54, 1.807) is 18.2 Å². The first-order valence-electron chi connectivity index (χ1n) is 12.7. The molecule has 1 aromatic rings. The van der Waals surface area contributed by atoms with Gasteiger partial charge in [0.2, 0.25) is 21.8 Å². The lowest BCUT2D eigenvalue weighted by Crippen LogP contribution is -2.41. The van der Waals surface area contributed by atoms with Crippen LogP contribution in [0.1, 0.15) is 51.5 Å². The zero-order valence-corrected chi connectivity index (χ0v) is 22.7. The molecule has 1 atom stereocenters. The van der Waals surface area contributed by atoms with Gasteiger partial charge in [0.15, 0.2) is 0 Å². The molecule has 0 saturated carbocycles. The van der Waals surface area contributed by atoms with Crippen LogP contribution in [-0.2, 0) is 26.0 Å². The fourth-order valence-corrected chi connectivity index (χ4v) is 5.18. The third-order valence-corrected chi connectivity index (χ3v) is 7.96. The van der Waals surface area contributed by atoms with Crippen molar-refractivity contribution >= 4 is 21.8 Å². The quantitative estimate of drug-likeness (QED) is 0.508. The van der Waals surface area contributed by atoms with Gasteiger partial charge in [-0.1, -0.05) is 32.1 Å². The summed E-state index contributed by atoms with van der Waals surface area (Å²) in [6.45, 7) is 11.3. The molecule has 202 valence electrons. The summed E-state index contributed by atoms with van der Waals surface area (Å²) in [5.74, 6) is 0.473. The van der Waals surface area contributed by atoms with Crippen LogP contribution in [0.5, 0.6) is 0 Å². The average molecular weight is 523 g/mol. The van der Waals surface area contributed by atoms with Gasteiger partial charge >= 0.3 is 0 Å². The topological polar surface area (TPSA) is 110 Å². The van der Waals surface area contributed by atoms with E-state index in [0.717, 1.165) is 37.9 Å². The van der Waals surface area contributed by atoms with Crippen LogP contribution < -0.4 is 4.72 Å². The Morgan fingerprint density at radius 1 is 1.11 bits per heavy atom. The van der Waals surface area contributed by atoms with E-state index in [1.165, 1.54) is 37.1 Å². The highest BCUT2D eigenvalue weighted by Crippen LogP contribution is 2.18. The molecule has 2 amide bonds. The Morgan fingerprint density at radius 3 is 2.31 bits per heavy atom. The zero-order valence-electron chi connectivity index (χ0n) is 21.9. The van der Waals surface area contributed by atoms with Gasteiger partial charge in [-0.05, 0) is 56.8 Å². The first kappa shape index (κ1) is 30.0. The van der Waals surface area contributed by atoms with E-state index in [0.29, 0.717) is 25.5 Å². The lowest BCUT2D eigenvalue weighted by molar-refractivity contribution is -0.133. The molecule has 2 heterocycles. The number of nitrogens with one attached hydrogen (secondary N) is 1. The summed E-state index contributed by atoms with van der Waals surface area (Å²) in [7, 11) is -2.12. The smallest absolute Gasteiger partial charge is 0.240 e. The van der Waals surface area contributed by atoms with E-state index < -0.39 is 10.0 Å². The highest BCUT2D eigenvalue weighted by Gasteiger charge is 2.25. The number of carbonyl (C=O) groups excluding carboxylic acids is 2. The molecule has 2 fully saturated rings. The van der Waals surface area contributed by atoms with Crippen molar-refractivity contribution in [2.45, 2.75) is 63.3 Å². The molecule has 2 aliphatic heterocycles. The van der Waals surface area contributed by atoms with Gasteiger partial charge in [0.1, 0.15) is 0 Å². The molecular weight excluding hydrogens is 480 g/mol. The van der Waals surface area contributed by atoms with Crippen LogP contribution in [0, 0.1) is 5.92 Å². The number of hydroxylamine groups is 2. The first-order chi connectivity index (χ1) is 17.1. The number of carbonyl (C=O) groups is 2. The van der Waals surface area contributed by atoms with Crippen molar-refractivity contribution in [1.29, 1.82) is 0 Å². The van der Waals surface area contributed by atoms with Gasteiger partial charge in [0.05, 0.1) is 11.3 Å². The summed E-state index contributed by atoms with van der Waals surface area (Å²) in [4.78, 5) is 28.0. The zero-order chi connectivity index (χ0) is 26.7. The van der Waals surface area contributed by atoms with Gasteiger partial charge < -0.3 is 15.0 Å². The van der Waals surface area contributed by atoms with Crippen molar-refractivity contribution in [3.63, 3.8) is 0 Å². The fourth-order valence-electron chi connectivity index (χ4n) is 4.45. The Hall–Kier alpha value is -2.27. The summed E-state index contributed by atoms with van der Waals surface area (Å²) in [6, 6.07) is 6.40. The van der Waals surface area contributed by atoms with Crippen LogP contribution in [0.2, 0.25) is 0 Å². The second-order valence-electron chi connectivity index (χ2n) is 9.59. The predicted octanol–water partition coefficient (Wildman–Crippen LogP) is 2.66. The fraction of sp³-hybridized carbons (Fsp3) is 0.615. The van der Waals surface area contributed by atoms with E-state index >= 15 is 0 Å². The standard InChI is InChI=1S/C18H27N3O4S.C8H15NO/c1-3-11-21(16-5-4-12-20(23)13-10-16)18(22)14-15-6-8-17(9-7-15)26(24,25)19-2;1-7(2)8(10)9-5-3-4-6-9/h3,6-9,16,19,23H,1,4-5,10-14H2,2H3;7H,3-6H2,1-2H3. The molecule has 2 N–H and O–H groups in total. The minimum absolute atomic E-state index is 0.0227. The van der Waals surface area contributed by atoms with Gasteiger partial charge in [0.25, 0.3) is 0 Å². The number of hydrogen-bond donors (Lipinski definition) is 2. The van der Waals surface area contributed by atoms with Crippen LogP contribution in [-0.4, -0.2) is 86.1 Å². The highest BCUT2D eigenvalue weighted by atomic mass is 32.2. The molecule has 10 heteroatoms. The van der Waals surface area contributed by atoms with Crippen LogP contribution in [0.15, 0.2) is 41.8 Å². The molecule has 1 aromatic carbocycles. The number of benzene rings is 1. The summed E-state index contributed by atoms with van der Waals surface area (Å²) < 4.78 is 25.8. The Kier molecular flexibility index (Phi) is 12.0. The Morgan fingerprint density at radius 2 is 1.75 bits per heavy atom. The van der Waals surface area contributed by atoms with E-state index in [9.17, 15) is 23.2 Å². The summed E-state index contributed by atoms with van der Waals surface area (Å²) >= 11 is 0. The molecule has 2 aliphatic rings. The second-order valence-corrected chi connectivity index (χ2v) is 11.5. The maximum absolute atomic E-state index is 12.8. The normalized spacial score (nSPS) is 18.8. The molecular formula is C26H42N4O5S. The van der Waals surface area contributed by atoms with Crippen molar-refractivity contribution in [1.82, 2.24) is 19.6 Å². The molecule has 0 aliphatic carbocycles. The number of likely N-dealkylation sites (tertiary alicyclic amines) is 1. The van der Waals surface area contributed by atoms with Crippen molar-refractivity contribution in [2.24, 2.45) is 5.92 Å². The lowest BCUT2D eigenvalue weighted by Gasteiger charge is -2.30. The van der Waals surface area contributed by atoms with Crippen LogP contribution in [0.4, 0.5) is 0 Å². The number of sulfonamides is 1. The second kappa shape index (κ2) is 14.5. The van der Waals surface area contributed by atoms with E-state index in [2.05, 4.69) is 11.3 Å². The Bertz CT molecular complexity index is 959. The van der Waals surface area contributed by atoms with Crippen LogP contribution in [0.3, 0.4) is 0 Å². The van der Waals surface area contributed by atoms with E-state index in [-0.39, 0.29) is 29.2 Å². The first-order valence-corrected chi connectivity index (χ1v) is 14.2. The summed E-state index contributed by atoms with van der Waals surface area (Å²) in [5.41, 5.74) is 0.761. The van der Waals surface area contributed by atoms with E-state index in [1.807, 2.05) is 23.6 Å². The molecule has 1 unspecified atom stereocenters. The average Bonchev–Trinajstić information content (AvgIpc) is 3.31. The third-order valence-electron chi connectivity index (χ3n) is 6.53. The molecule has 0 spiro atoms. The molecule has 3 rings (SSSR count). The number of nitrogens with zero attached hydrogens (tertiary/aromatic N) is 3. The number of amides is 2. The number of hydrogen-bond acceptors (Lipinski definition) is 6. The van der Waals surface area contributed by atoms with Crippen LogP contribution >= 0.6 is 0 Å². The molecule has 36 heavy (non-hydrogen) atoms. The summed E-state index contributed by atoms with van der Waals surface area (Å²) in [5, 5.41) is 11.0. The largest absolute Gasteiger partial charge is 0.342 e. The van der Waals surface area contributed by atoms with Crippen molar-refractivity contribution < 1.29 is 23.2 Å². The van der Waals surface area contributed by atoms with Gasteiger partial charge in [-0.15, -0.1) is 6.58 Å². The highest BCUT2D eigenvalue weighted by molar-refractivity contribution is 7.89. The Labute approximate surface area is 216 Å². The minimum Gasteiger partial charge on any atom is -0.342 e. The molecule has 0 aromatic heterocycles. The van der Waals surface area contributed by atoms with Gasteiger partial charge in [-0.2, -0.15) is 5.06 Å². The van der Waals surface area contributed by atoms with Crippen molar-refractivity contribution in [3.8, 4) is 0 Å². The van der Waals surface area contributed by atoms with Crippen molar-refractivity contribution in [2.75, 3.05) is 39.8 Å². The maximum Gasteiger partial charge on any atom is 0.240 e. The SMILES string of the molecule is C=CCN(C(=O)Cc1ccc(S(=O)(=O)NC)cc1)C1CCCN(O)CC1.CC(C)C(=O)N1CCCC1. The maximum atomic E-state index is 12.8. The third kappa shape index (κ3) is 8.99. The Balaban J connectivity index is 0.000000380.